The fraction of sp³-hybridized carbons (Fsp3) is 0.500. The van der Waals surface area contributed by atoms with Gasteiger partial charge in [0, 0.05) is 29.2 Å². The third-order valence-corrected chi connectivity index (χ3v) is 3.94. The van der Waals surface area contributed by atoms with Crippen LogP contribution in [0.2, 0.25) is 0 Å². The molecule has 1 aliphatic heterocycles. The van der Waals surface area contributed by atoms with E-state index in [1.54, 1.807) is 0 Å². The van der Waals surface area contributed by atoms with Gasteiger partial charge in [0.2, 0.25) is 0 Å². The van der Waals surface area contributed by atoms with Crippen LogP contribution in [-0.4, -0.2) is 28.9 Å². The van der Waals surface area contributed by atoms with Gasteiger partial charge in [0.05, 0.1) is 6.61 Å². The lowest BCUT2D eigenvalue weighted by molar-refractivity contribution is 0.201. The van der Waals surface area contributed by atoms with Crippen molar-refractivity contribution < 1.29 is 9.84 Å². The molecule has 0 spiro atoms. The van der Waals surface area contributed by atoms with E-state index >= 15 is 0 Å². The van der Waals surface area contributed by atoms with Gasteiger partial charge in [-0.05, 0) is 49.9 Å². The maximum absolute atomic E-state index is 8.86. The third-order valence-electron chi connectivity index (χ3n) is 3.94. The topological polar surface area (TPSA) is 60.4 Å². The summed E-state index contributed by atoms with van der Waals surface area (Å²) in [6.07, 6.45) is 3.27. The second-order valence-corrected chi connectivity index (χ2v) is 5.61. The molecule has 1 aliphatic rings. The molecule has 5 heteroatoms. The zero-order valence-electron chi connectivity index (χ0n) is 12.3. The molecule has 116 valence electrons. The van der Waals surface area contributed by atoms with Crippen LogP contribution in [0.1, 0.15) is 24.6 Å². The number of rotatable bonds is 5. The number of nitrogens with zero attached hydrogens (tertiary/aromatic N) is 1. The predicted octanol–water partition coefficient (Wildman–Crippen LogP) is 2.27. The third kappa shape index (κ3) is 3.03. The molecule has 1 aromatic heterocycles. The summed E-state index contributed by atoms with van der Waals surface area (Å²) in [4.78, 5) is 0. The fourth-order valence-electron chi connectivity index (χ4n) is 3.20. The normalized spacial score (nSPS) is 14.8. The van der Waals surface area contributed by atoms with Gasteiger partial charge in [-0.15, -0.1) is 12.4 Å². The molecule has 0 saturated heterocycles. The lowest BCUT2D eigenvalue weighted by Gasteiger charge is -2.08. The Kier molecular flexibility index (Phi) is 5.14. The molecule has 0 saturated carbocycles. The second kappa shape index (κ2) is 6.69. The Morgan fingerprint density at radius 2 is 2.24 bits per heavy atom. The van der Waals surface area contributed by atoms with Crippen molar-refractivity contribution >= 4 is 23.3 Å². The highest BCUT2D eigenvalue weighted by Crippen LogP contribution is 2.34. The smallest absolute Gasteiger partial charge is 0.120 e. The molecule has 2 aromatic rings. The summed E-state index contributed by atoms with van der Waals surface area (Å²) >= 11 is 0. The number of halogens is 1. The maximum Gasteiger partial charge on any atom is 0.120 e. The Morgan fingerprint density at radius 3 is 2.95 bits per heavy atom. The highest BCUT2D eigenvalue weighted by Gasteiger charge is 2.21. The highest BCUT2D eigenvalue weighted by atomic mass is 35.5. The molecule has 0 aliphatic carbocycles. The fourth-order valence-corrected chi connectivity index (χ4v) is 3.20. The summed E-state index contributed by atoms with van der Waals surface area (Å²) in [7, 11) is 0. The Hall–Kier alpha value is -1.23. The summed E-state index contributed by atoms with van der Waals surface area (Å²) in [5.74, 6) is 0.821. The van der Waals surface area contributed by atoms with Gasteiger partial charge in [0.1, 0.15) is 12.4 Å². The lowest BCUT2D eigenvalue weighted by Crippen LogP contribution is -2.18. The van der Waals surface area contributed by atoms with E-state index in [-0.39, 0.29) is 25.1 Å². The minimum Gasteiger partial charge on any atom is -0.491 e. The molecule has 1 aromatic carbocycles. The summed E-state index contributed by atoms with van der Waals surface area (Å²) in [5, 5.41) is 10.1. The molecule has 4 nitrogen and oxygen atoms in total. The lowest BCUT2D eigenvalue weighted by atomic mass is 10.0. The number of aryl methyl sites for hydroxylation is 1. The number of ether oxygens (including phenoxy) is 1. The number of hydrogen-bond donors (Lipinski definition) is 2. The minimum absolute atomic E-state index is 0. The molecule has 0 radical (unpaired) electrons. The molecule has 0 amide bonds. The van der Waals surface area contributed by atoms with Crippen molar-refractivity contribution in [2.24, 2.45) is 5.73 Å². The van der Waals surface area contributed by atoms with Gasteiger partial charge in [-0.25, -0.2) is 0 Å². The van der Waals surface area contributed by atoms with E-state index in [0.29, 0.717) is 6.61 Å². The summed E-state index contributed by atoms with van der Waals surface area (Å²) in [6, 6.07) is 6.36. The molecule has 0 fully saturated rings. The molecule has 3 rings (SSSR count). The number of benzene rings is 1. The van der Waals surface area contributed by atoms with Crippen LogP contribution in [0.5, 0.6) is 5.75 Å². The molecule has 1 atom stereocenters. The number of aliphatic hydroxyl groups excluding tert-OH is 1. The van der Waals surface area contributed by atoms with Crippen molar-refractivity contribution in [3.05, 3.63) is 29.5 Å². The van der Waals surface area contributed by atoms with Gasteiger partial charge >= 0.3 is 0 Å². The van der Waals surface area contributed by atoms with Crippen LogP contribution >= 0.6 is 12.4 Å². The number of nitrogens with two attached hydrogens (primary N) is 1. The highest BCUT2D eigenvalue weighted by molar-refractivity contribution is 5.87. The van der Waals surface area contributed by atoms with Gasteiger partial charge in [-0.1, -0.05) is 0 Å². The van der Waals surface area contributed by atoms with Crippen LogP contribution in [0, 0.1) is 0 Å². The predicted molar refractivity (Wildman–Crippen MR) is 87.4 cm³/mol. The van der Waals surface area contributed by atoms with Crippen molar-refractivity contribution in [2.45, 2.75) is 38.8 Å². The van der Waals surface area contributed by atoms with E-state index < -0.39 is 0 Å². The molecular weight excluding hydrogens is 288 g/mol. The molecule has 21 heavy (non-hydrogen) atoms. The van der Waals surface area contributed by atoms with Crippen LogP contribution < -0.4 is 10.5 Å². The quantitative estimate of drug-likeness (QED) is 0.890. The molecule has 2 heterocycles. The Morgan fingerprint density at radius 1 is 1.43 bits per heavy atom. The van der Waals surface area contributed by atoms with E-state index in [4.69, 9.17) is 15.6 Å². The SMILES string of the molecule is C[C@H](N)Cc1c2n(c3ccc(OCCO)cc13)CCC2.Cl. The maximum atomic E-state index is 8.86. The zero-order valence-corrected chi connectivity index (χ0v) is 13.2. The van der Waals surface area contributed by atoms with Gasteiger partial charge in [0.25, 0.3) is 0 Å². The number of hydrogen-bond acceptors (Lipinski definition) is 3. The van der Waals surface area contributed by atoms with Gasteiger partial charge < -0.3 is 20.1 Å². The van der Waals surface area contributed by atoms with Crippen molar-refractivity contribution in [2.75, 3.05) is 13.2 Å². The molecule has 0 unspecified atom stereocenters. The first-order valence-corrected chi connectivity index (χ1v) is 7.34. The molecule has 0 bridgehead atoms. The number of fused-ring (bicyclic) bond motifs is 3. The van der Waals surface area contributed by atoms with Gasteiger partial charge in [-0.2, -0.15) is 0 Å². The average molecular weight is 311 g/mol. The van der Waals surface area contributed by atoms with Crippen LogP contribution in [0.4, 0.5) is 0 Å². The number of aromatic nitrogens is 1. The van der Waals surface area contributed by atoms with E-state index in [1.165, 1.54) is 28.6 Å². The monoisotopic (exact) mass is 310 g/mol. The van der Waals surface area contributed by atoms with E-state index in [2.05, 4.69) is 23.6 Å². The Balaban J connectivity index is 0.00000161. The van der Waals surface area contributed by atoms with Crippen molar-refractivity contribution in [1.29, 1.82) is 0 Å². The molecule has 3 N–H and O–H groups in total. The Labute approximate surface area is 131 Å². The molecular formula is C16H23ClN2O2. The van der Waals surface area contributed by atoms with Crippen molar-refractivity contribution in [1.82, 2.24) is 4.57 Å². The van der Waals surface area contributed by atoms with Crippen LogP contribution in [0.3, 0.4) is 0 Å². The minimum atomic E-state index is 0. The van der Waals surface area contributed by atoms with Crippen molar-refractivity contribution in [3.8, 4) is 5.75 Å². The first kappa shape index (κ1) is 16.1. The zero-order chi connectivity index (χ0) is 14.1. The Bertz CT molecular complexity index is 622. The first-order valence-electron chi connectivity index (χ1n) is 7.34. The number of aliphatic hydroxyl groups is 1. The summed E-state index contributed by atoms with van der Waals surface area (Å²) in [5.41, 5.74) is 10.1. The largest absolute Gasteiger partial charge is 0.491 e. The summed E-state index contributed by atoms with van der Waals surface area (Å²) in [6.45, 7) is 3.53. The van der Waals surface area contributed by atoms with Crippen LogP contribution in [-0.2, 0) is 19.4 Å². The standard InChI is InChI=1S/C16H22N2O2.ClH/c1-11(17)9-13-14-10-12(20-8-7-19)4-5-16(14)18-6-2-3-15(13)18;/h4-5,10-11,19H,2-3,6-9,17H2,1H3;1H/t11-;/m0./s1. The van der Waals surface area contributed by atoms with Gasteiger partial charge in [-0.3, -0.25) is 0 Å². The van der Waals surface area contributed by atoms with E-state index in [1.807, 2.05) is 6.07 Å². The second-order valence-electron chi connectivity index (χ2n) is 5.61. The summed E-state index contributed by atoms with van der Waals surface area (Å²) < 4.78 is 7.95. The van der Waals surface area contributed by atoms with Crippen LogP contribution in [0.25, 0.3) is 10.9 Å². The van der Waals surface area contributed by atoms with Crippen LogP contribution in [0.15, 0.2) is 18.2 Å². The van der Waals surface area contributed by atoms with E-state index in [0.717, 1.165) is 25.1 Å². The van der Waals surface area contributed by atoms with Gasteiger partial charge in [0.15, 0.2) is 0 Å². The van der Waals surface area contributed by atoms with Crippen molar-refractivity contribution in [3.63, 3.8) is 0 Å². The first-order chi connectivity index (χ1) is 9.70. The van der Waals surface area contributed by atoms with E-state index in [9.17, 15) is 0 Å². The average Bonchev–Trinajstić information content (AvgIpc) is 2.99.